The van der Waals surface area contributed by atoms with Gasteiger partial charge in [0.15, 0.2) is 0 Å². The van der Waals surface area contributed by atoms with Gasteiger partial charge >= 0.3 is 0 Å². The number of nitrogen functional groups attached to an aromatic ring is 1. The second-order valence-corrected chi connectivity index (χ2v) is 4.31. The molecule has 3 rings (SSSR count). The van der Waals surface area contributed by atoms with Crippen molar-refractivity contribution in [2.24, 2.45) is 0 Å². The van der Waals surface area contributed by atoms with Crippen LogP contribution < -0.4 is 5.73 Å². The molecule has 4 N–H and O–H groups in total. The molecule has 2 aromatic carbocycles. The maximum absolute atomic E-state index is 10.6. The Balaban J connectivity index is 0.000000774. The van der Waals surface area contributed by atoms with Crippen LogP contribution in [0.5, 0.6) is 0 Å². The van der Waals surface area contributed by atoms with Crippen molar-refractivity contribution in [2.75, 3.05) is 12.8 Å². The Morgan fingerprint density at radius 2 is 1.81 bits per heavy atom. The summed E-state index contributed by atoms with van der Waals surface area (Å²) in [5, 5.41) is 18.7. The minimum Gasteiger partial charge on any atom is -0.400 e. The van der Waals surface area contributed by atoms with Gasteiger partial charge in [-0.15, -0.1) is 0 Å². The lowest BCUT2D eigenvalue weighted by atomic mass is 10.0. The Bertz CT molecular complexity index is 763. The molecule has 0 aliphatic rings. The van der Waals surface area contributed by atoms with Crippen LogP contribution >= 0.6 is 0 Å². The number of aliphatic hydroxyl groups excluding tert-OH is 1. The van der Waals surface area contributed by atoms with Gasteiger partial charge in [0.25, 0.3) is 5.69 Å². The molecule has 6 nitrogen and oxygen atoms in total. The first kappa shape index (κ1) is 14.5. The van der Waals surface area contributed by atoms with E-state index in [1.54, 1.807) is 12.1 Å². The van der Waals surface area contributed by atoms with Crippen molar-refractivity contribution in [1.82, 2.24) is 4.98 Å². The largest absolute Gasteiger partial charge is 0.400 e. The molecule has 0 aliphatic heterocycles. The number of aromatic nitrogens is 1. The Morgan fingerprint density at radius 3 is 2.43 bits per heavy atom. The molecule has 0 spiro atoms. The second-order valence-electron chi connectivity index (χ2n) is 4.31. The van der Waals surface area contributed by atoms with Crippen LogP contribution in [0.3, 0.4) is 0 Å². The lowest BCUT2D eigenvalue weighted by Crippen LogP contribution is -1.87. The highest BCUT2D eigenvalue weighted by atomic mass is 16.6. The van der Waals surface area contributed by atoms with E-state index in [-0.39, 0.29) is 5.69 Å². The summed E-state index contributed by atoms with van der Waals surface area (Å²) >= 11 is 0. The summed E-state index contributed by atoms with van der Waals surface area (Å²) in [5.41, 5.74) is 9.41. The van der Waals surface area contributed by atoms with Crippen molar-refractivity contribution < 1.29 is 10.0 Å². The SMILES string of the molecule is CO.Nc1ccc2c(-c3ccc([N+](=O)[O-])cc3)c[nH]c2c1. The van der Waals surface area contributed by atoms with E-state index >= 15 is 0 Å². The average Bonchev–Trinajstić information content (AvgIpc) is 2.92. The van der Waals surface area contributed by atoms with Gasteiger partial charge in [0, 0.05) is 47.6 Å². The van der Waals surface area contributed by atoms with Crippen molar-refractivity contribution in [3.8, 4) is 11.1 Å². The molecular formula is C15H15N3O3. The van der Waals surface area contributed by atoms with Gasteiger partial charge in [-0.25, -0.2) is 0 Å². The summed E-state index contributed by atoms with van der Waals surface area (Å²) in [4.78, 5) is 13.4. The van der Waals surface area contributed by atoms with Crippen molar-refractivity contribution in [2.45, 2.75) is 0 Å². The maximum Gasteiger partial charge on any atom is 0.269 e. The molecule has 108 valence electrons. The predicted molar refractivity (Wildman–Crippen MR) is 82.9 cm³/mol. The number of nitro benzene ring substituents is 1. The lowest BCUT2D eigenvalue weighted by molar-refractivity contribution is -0.384. The molecule has 0 atom stereocenters. The number of H-pyrrole nitrogens is 1. The van der Waals surface area contributed by atoms with E-state index in [0.717, 1.165) is 29.1 Å². The van der Waals surface area contributed by atoms with Gasteiger partial charge in [-0.2, -0.15) is 0 Å². The third-order valence-corrected chi connectivity index (χ3v) is 3.09. The zero-order valence-corrected chi connectivity index (χ0v) is 11.4. The molecule has 1 aromatic heterocycles. The van der Waals surface area contributed by atoms with Gasteiger partial charge in [0.1, 0.15) is 0 Å². The highest BCUT2D eigenvalue weighted by Gasteiger charge is 2.09. The second kappa shape index (κ2) is 6.06. The molecule has 21 heavy (non-hydrogen) atoms. The fourth-order valence-electron chi connectivity index (χ4n) is 2.15. The molecule has 0 radical (unpaired) electrons. The number of anilines is 1. The Labute approximate surface area is 121 Å². The highest BCUT2D eigenvalue weighted by molar-refractivity contribution is 5.96. The molecular weight excluding hydrogens is 270 g/mol. The number of nitrogens with zero attached hydrogens (tertiary/aromatic N) is 1. The van der Waals surface area contributed by atoms with Gasteiger partial charge < -0.3 is 15.8 Å². The Kier molecular flexibility index (Phi) is 4.20. The number of nitrogens with two attached hydrogens (primary N) is 1. The van der Waals surface area contributed by atoms with Gasteiger partial charge in [0.2, 0.25) is 0 Å². The summed E-state index contributed by atoms with van der Waals surface area (Å²) in [6, 6.07) is 12.2. The fraction of sp³-hybridized carbons (Fsp3) is 0.0667. The minimum atomic E-state index is -0.403. The standard InChI is InChI=1S/C14H11N3O2.CH4O/c15-10-3-6-12-13(8-16-14(12)7-10)9-1-4-11(5-2-9)17(18)19;1-2/h1-8,16H,15H2;2H,1H3. The first-order valence-electron chi connectivity index (χ1n) is 6.21. The maximum atomic E-state index is 10.6. The van der Waals surface area contributed by atoms with Crippen molar-refractivity contribution in [1.29, 1.82) is 0 Å². The van der Waals surface area contributed by atoms with Crippen molar-refractivity contribution >= 4 is 22.3 Å². The van der Waals surface area contributed by atoms with E-state index < -0.39 is 4.92 Å². The molecule has 0 amide bonds. The number of aliphatic hydroxyl groups is 1. The predicted octanol–water partition coefficient (Wildman–Crippen LogP) is 2.93. The molecule has 0 bridgehead atoms. The molecule has 0 saturated carbocycles. The molecule has 0 fully saturated rings. The summed E-state index contributed by atoms with van der Waals surface area (Å²) in [5.74, 6) is 0. The number of nitrogens with one attached hydrogen (secondary N) is 1. The summed E-state index contributed by atoms with van der Waals surface area (Å²) in [6.07, 6.45) is 1.88. The van der Waals surface area contributed by atoms with E-state index in [9.17, 15) is 10.1 Å². The van der Waals surface area contributed by atoms with Gasteiger partial charge in [-0.3, -0.25) is 10.1 Å². The van der Waals surface area contributed by atoms with Crippen LogP contribution in [0, 0.1) is 10.1 Å². The minimum absolute atomic E-state index is 0.0906. The van der Waals surface area contributed by atoms with Gasteiger partial charge in [0.05, 0.1) is 4.92 Å². The van der Waals surface area contributed by atoms with E-state index in [1.165, 1.54) is 12.1 Å². The lowest BCUT2D eigenvalue weighted by Gasteiger charge is -2.00. The average molecular weight is 285 g/mol. The van der Waals surface area contributed by atoms with Crippen LogP contribution in [0.25, 0.3) is 22.0 Å². The number of benzene rings is 2. The van der Waals surface area contributed by atoms with Crippen molar-refractivity contribution in [3.63, 3.8) is 0 Å². The van der Waals surface area contributed by atoms with Crippen LogP contribution in [0.4, 0.5) is 11.4 Å². The monoisotopic (exact) mass is 285 g/mol. The highest BCUT2D eigenvalue weighted by Crippen LogP contribution is 2.30. The Morgan fingerprint density at radius 1 is 1.14 bits per heavy atom. The van der Waals surface area contributed by atoms with Crippen LogP contribution in [0.15, 0.2) is 48.7 Å². The van der Waals surface area contributed by atoms with Crippen LogP contribution in [0.1, 0.15) is 0 Å². The normalized spacial score (nSPS) is 10.0. The van der Waals surface area contributed by atoms with Crippen LogP contribution in [0.2, 0.25) is 0 Å². The quantitative estimate of drug-likeness (QED) is 0.382. The molecule has 3 aromatic rings. The first-order valence-corrected chi connectivity index (χ1v) is 6.21. The number of nitro groups is 1. The number of hydrogen-bond donors (Lipinski definition) is 3. The molecule has 6 heteroatoms. The van der Waals surface area contributed by atoms with E-state index in [2.05, 4.69) is 4.98 Å². The van der Waals surface area contributed by atoms with Crippen molar-refractivity contribution in [3.05, 3.63) is 58.8 Å². The van der Waals surface area contributed by atoms with Crippen LogP contribution in [-0.2, 0) is 0 Å². The number of non-ortho nitro benzene ring substituents is 1. The topological polar surface area (TPSA) is 105 Å². The molecule has 0 aliphatic carbocycles. The van der Waals surface area contributed by atoms with E-state index in [4.69, 9.17) is 10.8 Å². The fourth-order valence-corrected chi connectivity index (χ4v) is 2.15. The van der Waals surface area contributed by atoms with Gasteiger partial charge in [-0.1, -0.05) is 6.07 Å². The third-order valence-electron chi connectivity index (χ3n) is 3.09. The van der Waals surface area contributed by atoms with E-state index in [0.29, 0.717) is 5.69 Å². The van der Waals surface area contributed by atoms with Crippen LogP contribution in [-0.4, -0.2) is 22.1 Å². The van der Waals surface area contributed by atoms with E-state index in [1.807, 2.05) is 24.4 Å². The van der Waals surface area contributed by atoms with Gasteiger partial charge in [-0.05, 0) is 29.8 Å². The summed E-state index contributed by atoms with van der Waals surface area (Å²) in [6.45, 7) is 0. The number of aromatic amines is 1. The number of fused-ring (bicyclic) bond motifs is 1. The number of rotatable bonds is 2. The molecule has 1 heterocycles. The third kappa shape index (κ3) is 2.85. The molecule has 0 saturated heterocycles. The smallest absolute Gasteiger partial charge is 0.269 e. The molecule has 0 unspecified atom stereocenters. The summed E-state index contributed by atoms with van der Waals surface area (Å²) < 4.78 is 0. The zero-order chi connectivity index (χ0) is 15.4. The zero-order valence-electron chi connectivity index (χ0n) is 11.4. The first-order chi connectivity index (χ1) is 10.1. The Hall–Kier alpha value is -2.86. The number of hydrogen-bond acceptors (Lipinski definition) is 4. The summed E-state index contributed by atoms with van der Waals surface area (Å²) in [7, 11) is 1.00.